The van der Waals surface area contributed by atoms with Crippen molar-refractivity contribution in [1.29, 1.82) is 0 Å². The van der Waals surface area contributed by atoms with Crippen molar-refractivity contribution in [2.45, 2.75) is 20.4 Å². The summed E-state index contributed by atoms with van der Waals surface area (Å²) in [6, 6.07) is 12.0. The predicted octanol–water partition coefficient (Wildman–Crippen LogP) is 4.92. The fourth-order valence-electron chi connectivity index (χ4n) is 2.91. The summed E-state index contributed by atoms with van der Waals surface area (Å²) in [4.78, 5) is 12.3. The molecule has 28 heavy (non-hydrogen) atoms. The van der Waals surface area contributed by atoms with Gasteiger partial charge >= 0.3 is 0 Å². The fourth-order valence-corrected chi connectivity index (χ4v) is 3.19. The van der Waals surface area contributed by atoms with E-state index in [-0.39, 0.29) is 11.5 Å². The van der Waals surface area contributed by atoms with Gasteiger partial charge in [-0.3, -0.25) is 9.48 Å². The summed E-state index contributed by atoms with van der Waals surface area (Å²) in [7, 11) is 1.64. The number of hydrogen-bond donors (Lipinski definition) is 1. The summed E-state index contributed by atoms with van der Waals surface area (Å²) in [5, 5.41) is 13.9. The number of aromatic hydroxyl groups is 1. The Morgan fingerprint density at radius 3 is 2.54 bits per heavy atom. The Kier molecular flexibility index (Phi) is 5.99. The van der Waals surface area contributed by atoms with Gasteiger partial charge in [0.2, 0.25) is 0 Å². The Labute approximate surface area is 172 Å². The Bertz CT molecular complexity index is 1040. The van der Waals surface area contributed by atoms with Crippen LogP contribution in [0, 0.1) is 13.8 Å². The topological polar surface area (TPSA) is 64.3 Å². The second-order valence-corrected chi connectivity index (χ2v) is 7.25. The Morgan fingerprint density at radius 1 is 1.21 bits per heavy atom. The van der Waals surface area contributed by atoms with E-state index >= 15 is 0 Å². The van der Waals surface area contributed by atoms with Crippen LogP contribution < -0.4 is 4.74 Å². The molecule has 0 aliphatic carbocycles. The molecule has 1 aromatic heterocycles. The van der Waals surface area contributed by atoms with Crippen molar-refractivity contribution in [2.75, 3.05) is 7.11 Å². The van der Waals surface area contributed by atoms with Gasteiger partial charge in [-0.15, -0.1) is 0 Å². The molecule has 0 radical (unpaired) electrons. The van der Waals surface area contributed by atoms with E-state index in [9.17, 15) is 9.90 Å². The van der Waals surface area contributed by atoms with Crippen molar-refractivity contribution in [3.05, 3.63) is 81.1 Å². The van der Waals surface area contributed by atoms with Crippen LogP contribution in [-0.2, 0) is 6.54 Å². The van der Waals surface area contributed by atoms with Gasteiger partial charge in [0.05, 0.1) is 29.5 Å². The van der Waals surface area contributed by atoms with Gasteiger partial charge in [-0.2, -0.15) is 5.10 Å². The minimum Gasteiger partial charge on any atom is -0.508 e. The van der Waals surface area contributed by atoms with Crippen LogP contribution in [0.1, 0.15) is 32.9 Å². The number of aromatic nitrogens is 2. The van der Waals surface area contributed by atoms with Crippen molar-refractivity contribution in [3.8, 4) is 11.5 Å². The number of rotatable bonds is 6. The highest BCUT2D eigenvalue weighted by molar-refractivity contribution is 9.10. The molecule has 0 saturated heterocycles. The lowest BCUT2D eigenvalue weighted by molar-refractivity contribution is 0.104. The quantitative estimate of drug-likeness (QED) is 0.436. The molecule has 6 heteroatoms. The van der Waals surface area contributed by atoms with Gasteiger partial charge in [0, 0.05) is 11.1 Å². The highest BCUT2D eigenvalue weighted by Gasteiger charge is 2.12. The Morgan fingerprint density at radius 2 is 1.93 bits per heavy atom. The number of phenols is 1. The van der Waals surface area contributed by atoms with Crippen molar-refractivity contribution in [3.63, 3.8) is 0 Å². The van der Waals surface area contributed by atoms with Crippen LogP contribution in [0.25, 0.3) is 6.08 Å². The van der Waals surface area contributed by atoms with E-state index in [0.717, 1.165) is 32.7 Å². The number of benzene rings is 2. The molecule has 0 bridgehead atoms. The van der Waals surface area contributed by atoms with E-state index < -0.39 is 0 Å². The number of allylic oxidation sites excluding steroid dienone is 1. The van der Waals surface area contributed by atoms with Gasteiger partial charge < -0.3 is 9.84 Å². The maximum atomic E-state index is 12.3. The average molecular weight is 441 g/mol. The average Bonchev–Trinajstić information content (AvgIpc) is 2.93. The van der Waals surface area contributed by atoms with Crippen molar-refractivity contribution in [2.24, 2.45) is 0 Å². The molecule has 144 valence electrons. The number of halogens is 1. The SMILES string of the molecule is COc1ccc(/C=C/C(=O)c2ccc(O)cc2)cc1Cn1nc(C)c(Br)c1C. The zero-order valence-corrected chi connectivity index (χ0v) is 17.5. The van der Waals surface area contributed by atoms with Gasteiger partial charge in [0.1, 0.15) is 11.5 Å². The second kappa shape index (κ2) is 8.44. The molecule has 5 nitrogen and oxygen atoms in total. The Balaban J connectivity index is 1.84. The molecule has 0 aliphatic heterocycles. The minimum absolute atomic E-state index is 0.125. The number of ketones is 1. The van der Waals surface area contributed by atoms with E-state index in [1.807, 2.05) is 36.7 Å². The molecule has 0 fully saturated rings. The summed E-state index contributed by atoms with van der Waals surface area (Å²) < 4.78 is 8.41. The fraction of sp³-hybridized carbons (Fsp3) is 0.182. The number of carbonyl (C=O) groups is 1. The summed E-state index contributed by atoms with van der Waals surface area (Å²) in [6.07, 6.45) is 3.30. The number of ether oxygens (including phenoxy) is 1. The van der Waals surface area contributed by atoms with E-state index in [1.54, 1.807) is 25.3 Å². The second-order valence-electron chi connectivity index (χ2n) is 6.46. The first kappa shape index (κ1) is 19.9. The molecule has 0 saturated carbocycles. The van der Waals surface area contributed by atoms with Gasteiger partial charge in [0.25, 0.3) is 0 Å². The molecule has 0 unspecified atom stereocenters. The standard InChI is InChI=1S/C22H21BrN2O3/c1-14-22(23)15(2)25(24-14)13-18-12-16(5-11-21(18)28-3)4-10-20(27)17-6-8-19(26)9-7-17/h4-12,26H,13H2,1-3H3/b10-4+. The molecule has 2 aromatic carbocycles. The highest BCUT2D eigenvalue weighted by atomic mass is 79.9. The normalized spacial score (nSPS) is 11.1. The van der Waals surface area contributed by atoms with Gasteiger partial charge in [-0.25, -0.2) is 0 Å². The molecule has 1 N–H and O–H groups in total. The molecule has 3 rings (SSSR count). The van der Waals surface area contributed by atoms with E-state index in [4.69, 9.17) is 4.74 Å². The maximum Gasteiger partial charge on any atom is 0.185 e. The molecular formula is C22H21BrN2O3. The lowest BCUT2D eigenvalue weighted by Gasteiger charge is -2.11. The first-order chi connectivity index (χ1) is 13.4. The summed E-state index contributed by atoms with van der Waals surface area (Å²) in [5.41, 5.74) is 4.37. The molecule has 0 amide bonds. The number of hydrogen-bond acceptors (Lipinski definition) is 4. The van der Waals surface area contributed by atoms with E-state index in [1.165, 1.54) is 18.2 Å². The monoisotopic (exact) mass is 440 g/mol. The van der Waals surface area contributed by atoms with E-state index in [0.29, 0.717) is 12.1 Å². The van der Waals surface area contributed by atoms with Gasteiger partial charge in [-0.05, 0) is 77.8 Å². The van der Waals surface area contributed by atoms with Crippen LogP contribution in [0.15, 0.2) is 53.0 Å². The first-order valence-corrected chi connectivity index (χ1v) is 9.56. The van der Waals surface area contributed by atoms with Crippen LogP contribution in [0.3, 0.4) is 0 Å². The Hall–Kier alpha value is -2.86. The van der Waals surface area contributed by atoms with Crippen LogP contribution in [0.5, 0.6) is 11.5 Å². The van der Waals surface area contributed by atoms with Gasteiger partial charge in [0.15, 0.2) is 5.78 Å². The predicted molar refractivity (Wildman–Crippen MR) is 113 cm³/mol. The number of phenolic OH excluding ortho intramolecular Hbond substituents is 1. The summed E-state index contributed by atoms with van der Waals surface area (Å²) >= 11 is 3.55. The first-order valence-electron chi connectivity index (χ1n) is 8.77. The zero-order chi connectivity index (χ0) is 20.3. The number of methoxy groups -OCH3 is 1. The third-order valence-electron chi connectivity index (χ3n) is 4.50. The molecule has 0 aliphatic rings. The van der Waals surface area contributed by atoms with Crippen molar-refractivity contribution < 1.29 is 14.6 Å². The summed E-state index contributed by atoms with van der Waals surface area (Å²) in [5.74, 6) is 0.779. The van der Waals surface area contributed by atoms with Crippen LogP contribution in [0.2, 0.25) is 0 Å². The molecular weight excluding hydrogens is 420 g/mol. The molecule has 0 spiro atoms. The molecule has 1 heterocycles. The number of nitrogens with zero attached hydrogens (tertiary/aromatic N) is 2. The molecule has 0 atom stereocenters. The van der Waals surface area contributed by atoms with Crippen LogP contribution in [0.4, 0.5) is 0 Å². The largest absolute Gasteiger partial charge is 0.508 e. The van der Waals surface area contributed by atoms with Crippen molar-refractivity contribution in [1.82, 2.24) is 9.78 Å². The maximum absolute atomic E-state index is 12.3. The molecule has 3 aromatic rings. The van der Waals surface area contributed by atoms with Crippen LogP contribution >= 0.6 is 15.9 Å². The summed E-state index contributed by atoms with van der Waals surface area (Å²) in [6.45, 7) is 4.53. The van der Waals surface area contributed by atoms with Crippen LogP contribution in [-0.4, -0.2) is 27.8 Å². The lowest BCUT2D eigenvalue weighted by atomic mass is 10.1. The third-order valence-corrected chi connectivity index (χ3v) is 5.64. The highest BCUT2D eigenvalue weighted by Crippen LogP contribution is 2.25. The smallest absolute Gasteiger partial charge is 0.185 e. The number of aryl methyl sites for hydroxylation is 1. The van der Waals surface area contributed by atoms with Gasteiger partial charge in [-0.1, -0.05) is 12.1 Å². The zero-order valence-electron chi connectivity index (χ0n) is 15.9. The lowest BCUT2D eigenvalue weighted by Crippen LogP contribution is -2.06. The third kappa shape index (κ3) is 4.34. The number of carbonyl (C=O) groups excluding carboxylic acids is 1. The van der Waals surface area contributed by atoms with E-state index in [2.05, 4.69) is 21.0 Å². The minimum atomic E-state index is -0.125. The van der Waals surface area contributed by atoms with Crippen molar-refractivity contribution >= 4 is 27.8 Å².